The number of fused-ring (bicyclic) bond motifs is 2. The summed E-state index contributed by atoms with van der Waals surface area (Å²) in [5.74, 6) is -7.08. The molecule has 1 aromatic carbocycles. The van der Waals surface area contributed by atoms with E-state index in [1.54, 1.807) is 6.92 Å². The fourth-order valence-electron chi connectivity index (χ4n) is 5.54. The van der Waals surface area contributed by atoms with Gasteiger partial charge in [0.15, 0.2) is 17.2 Å². The largest absolute Gasteiger partial charge is 0.508 e. The molecular weight excluding hydrogens is 456 g/mol. The predicted octanol–water partition coefficient (Wildman–Crippen LogP) is 0.568. The Bertz CT molecular complexity index is 1160. The molecule has 0 aromatic heterocycles. The molecular formula is C22H23ClN2O8. The van der Waals surface area contributed by atoms with Crippen LogP contribution in [0.25, 0.3) is 0 Å². The molecule has 1 saturated carbocycles. The van der Waals surface area contributed by atoms with Crippen LogP contribution in [0.3, 0.4) is 0 Å². The number of hydrogen-bond donors (Lipinski definition) is 4. The molecule has 1 aromatic rings. The molecule has 1 aliphatic heterocycles. The number of aromatic hydroxyl groups is 1. The van der Waals surface area contributed by atoms with E-state index < -0.39 is 63.9 Å². The molecule has 176 valence electrons. The van der Waals surface area contributed by atoms with Gasteiger partial charge in [-0.1, -0.05) is 11.6 Å². The van der Waals surface area contributed by atoms with Crippen molar-refractivity contribution in [2.45, 2.75) is 37.0 Å². The molecule has 33 heavy (non-hydrogen) atoms. The summed E-state index contributed by atoms with van der Waals surface area (Å²) in [5, 5.41) is 32.4. The number of likely N-dealkylation sites (N-methyl/N-ethyl adjacent to an activating group) is 1. The molecule has 0 saturated heterocycles. The summed E-state index contributed by atoms with van der Waals surface area (Å²) in [6.07, 6.45) is -0.422. The zero-order chi connectivity index (χ0) is 24.6. The first-order chi connectivity index (χ1) is 15.3. The molecule has 5 unspecified atom stereocenters. The number of hydrogen-bond acceptors (Lipinski definition) is 9. The van der Waals surface area contributed by atoms with Gasteiger partial charge in [0.25, 0.3) is 5.91 Å². The second-order valence-corrected chi connectivity index (χ2v) is 9.51. The van der Waals surface area contributed by atoms with E-state index in [2.05, 4.69) is 0 Å². The number of phenolic OH excluding ortho intramolecular Hbond substituents is 1. The van der Waals surface area contributed by atoms with Crippen LogP contribution < -0.4 is 5.73 Å². The number of aliphatic hydroxyl groups is 2. The number of halogens is 1. The molecule has 0 radical (unpaired) electrons. The van der Waals surface area contributed by atoms with Gasteiger partial charge in [-0.2, -0.15) is 0 Å². The molecule has 11 heteroatoms. The number of cyclic esters (lactones) is 1. The first kappa shape index (κ1) is 23.2. The second kappa shape index (κ2) is 7.28. The number of ether oxygens (including phenoxy) is 1. The Labute approximate surface area is 193 Å². The van der Waals surface area contributed by atoms with Crippen molar-refractivity contribution in [3.63, 3.8) is 0 Å². The van der Waals surface area contributed by atoms with E-state index in [-0.39, 0.29) is 34.7 Å². The minimum atomic E-state index is -2.52. The van der Waals surface area contributed by atoms with Gasteiger partial charge in [0.05, 0.1) is 6.04 Å². The van der Waals surface area contributed by atoms with Crippen LogP contribution >= 0.6 is 11.6 Å². The zero-order valence-corrected chi connectivity index (χ0v) is 18.8. The van der Waals surface area contributed by atoms with Gasteiger partial charge in [-0.15, -0.1) is 0 Å². The molecule has 3 aliphatic rings. The second-order valence-electron chi connectivity index (χ2n) is 9.11. The van der Waals surface area contributed by atoms with E-state index in [0.717, 1.165) is 0 Å². The summed E-state index contributed by atoms with van der Waals surface area (Å²) < 4.78 is 5.63. The fourth-order valence-corrected chi connectivity index (χ4v) is 5.89. The van der Waals surface area contributed by atoms with Gasteiger partial charge in [0, 0.05) is 28.8 Å². The molecule has 2 aliphatic carbocycles. The molecule has 10 nitrogen and oxygen atoms in total. The van der Waals surface area contributed by atoms with Crippen LogP contribution in [0.15, 0.2) is 23.5 Å². The van der Waals surface area contributed by atoms with Crippen LogP contribution in [-0.2, 0) is 24.7 Å². The van der Waals surface area contributed by atoms with E-state index in [4.69, 9.17) is 22.1 Å². The van der Waals surface area contributed by atoms with E-state index >= 15 is 0 Å². The van der Waals surface area contributed by atoms with Gasteiger partial charge >= 0.3 is 5.97 Å². The van der Waals surface area contributed by atoms with Crippen molar-refractivity contribution >= 4 is 35.0 Å². The van der Waals surface area contributed by atoms with Crippen molar-refractivity contribution in [1.82, 2.24) is 4.90 Å². The van der Waals surface area contributed by atoms with Crippen LogP contribution in [-0.4, -0.2) is 69.4 Å². The van der Waals surface area contributed by atoms with E-state index in [9.17, 15) is 34.5 Å². The van der Waals surface area contributed by atoms with Gasteiger partial charge < -0.3 is 25.8 Å². The standard InChI is InChI=1S/C22H23ClN2O8/c1-21(15-10(23)4-5-11(26)13(15)20(31)33-21)8-6-9-16(25(2)3)17(28)14(19(24)30)18(29)22(9,32)12(27)7-8/h4-5,8-9,16,26,29,32H,6-7H2,1-3H3,(H2,24,30). The summed E-state index contributed by atoms with van der Waals surface area (Å²) in [7, 11) is 3.05. The fraction of sp³-hybridized carbons (Fsp3) is 0.455. The number of esters is 1. The van der Waals surface area contributed by atoms with Gasteiger partial charge in [0.2, 0.25) is 0 Å². The van der Waals surface area contributed by atoms with Crippen LogP contribution in [0.5, 0.6) is 5.75 Å². The number of aliphatic hydroxyl groups excluding tert-OH is 1. The SMILES string of the molecule is CN(C)C1C(=O)C(C(N)=O)=C(O)C2(O)C(=O)CC(C3(C)OC(=O)c4c(O)ccc(Cl)c43)CC12. The van der Waals surface area contributed by atoms with E-state index in [0.29, 0.717) is 0 Å². The average molecular weight is 479 g/mol. The Morgan fingerprint density at radius 1 is 1.24 bits per heavy atom. The van der Waals surface area contributed by atoms with Gasteiger partial charge in [-0.25, -0.2) is 4.79 Å². The topological polar surface area (TPSA) is 167 Å². The maximum absolute atomic E-state index is 13.3. The number of Topliss-reactive ketones (excluding diaryl/α,β-unsaturated/α-hetero) is 2. The molecule has 0 bridgehead atoms. The van der Waals surface area contributed by atoms with Crippen molar-refractivity contribution in [3.8, 4) is 5.75 Å². The van der Waals surface area contributed by atoms with Gasteiger partial charge in [-0.05, 0) is 39.6 Å². The molecule has 1 amide bonds. The number of nitrogens with two attached hydrogens (primary N) is 1. The molecule has 4 rings (SSSR count). The van der Waals surface area contributed by atoms with E-state index in [1.165, 1.54) is 31.1 Å². The first-order valence-electron chi connectivity index (χ1n) is 10.2. The molecule has 1 heterocycles. The smallest absolute Gasteiger partial charge is 0.343 e. The number of ketones is 2. The maximum atomic E-state index is 13.3. The lowest BCUT2D eigenvalue weighted by atomic mass is 9.58. The summed E-state index contributed by atoms with van der Waals surface area (Å²) in [5.41, 5.74) is 0.581. The van der Waals surface area contributed by atoms with Crippen LogP contribution in [0.4, 0.5) is 0 Å². The van der Waals surface area contributed by atoms with Crippen molar-refractivity contribution in [2.24, 2.45) is 17.6 Å². The zero-order valence-electron chi connectivity index (χ0n) is 18.1. The summed E-state index contributed by atoms with van der Waals surface area (Å²) in [4.78, 5) is 52.3. The number of rotatable bonds is 3. The molecule has 1 fully saturated rings. The highest BCUT2D eigenvalue weighted by Gasteiger charge is 2.64. The Morgan fingerprint density at radius 3 is 2.45 bits per heavy atom. The predicted molar refractivity (Wildman–Crippen MR) is 113 cm³/mol. The molecule has 5 atom stereocenters. The number of carbonyl (C=O) groups is 4. The average Bonchev–Trinajstić information content (AvgIpc) is 2.99. The Kier molecular flexibility index (Phi) is 5.12. The highest BCUT2D eigenvalue weighted by molar-refractivity contribution is 6.32. The van der Waals surface area contributed by atoms with E-state index in [1.807, 2.05) is 0 Å². The Morgan fingerprint density at radius 2 is 1.88 bits per heavy atom. The van der Waals surface area contributed by atoms with Gasteiger partial charge in [-0.3, -0.25) is 19.3 Å². The van der Waals surface area contributed by atoms with Crippen molar-refractivity contribution in [3.05, 3.63) is 39.6 Å². The third kappa shape index (κ3) is 2.94. The maximum Gasteiger partial charge on any atom is 0.343 e. The lowest BCUT2D eigenvalue weighted by molar-refractivity contribution is -0.166. The van der Waals surface area contributed by atoms with Gasteiger partial charge in [0.1, 0.15) is 28.2 Å². The molecule has 0 spiro atoms. The number of benzene rings is 1. The monoisotopic (exact) mass is 478 g/mol. The van der Waals surface area contributed by atoms with Crippen LogP contribution in [0.1, 0.15) is 35.7 Å². The van der Waals surface area contributed by atoms with Crippen molar-refractivity contribution in [2.75, 3.05) is 14.1 Å². The summed E-state index contributed by atoms with van der Waals surface area (Å²) in [6, 6.07) is 1.49. The lowest BCUT2D eigenvalue weighted by Crippen LogP contribution is -2.65. The van der Waals surface area contributed by atoms with Crippen LogP contribution in [0.2, 0.25) is 5.02 Å². The number of nitrogens with zero attached hydrogens (tertiary/aromatic N) is 1. The quantitative estimate of drug-likeness (QED) is 0.358. The molecule has 5 N–H and O–H groups in total. The van der Waals surface area contributed by atoms with Crippen molar-refractivity contribution in [1.29, 1.82) is 0 Å². The third-order valence-electron chi connectivity index (χ3n) is 7.15. The minimum absolute atomic E-state index is 0.0534. The summed E-state index contributed by atoms with van der Waals surface area (Å²) in [6.45, 7) is 1.55. The highest BCUT2D eigenvalue weighted by atomic mass is 35.5. The number of primary amides is 1. The summed E-state index contributed by atoms with van der Waals surface area (Å²) >= 11 is 6.35. The first-order valence-corrected chi connectivity index (χ1v) is 10.6. The van der Waals surface area contributed by atoms with Crippen molar-refractivity contribution < 1.29 is 39.2 Å². The third-order valence-corrected chi connectivity index (χ3v) is 7.46. The number of carbonyl (C=O) groups excluding carboxylic acids is 4. The normalized spacial score (nSPS) is 33.8. The lowest BCUT2D eigenvalue weighted by Gasteiger charge is -2.50. The number of amides is 1. The highest BCUT2D eigenvalue weighted by Crippen LogP contribution is 2.55. The number of phenols is 1. The minimum Gasteiger partial charge on any atom is -0.508 e. The Balaban J connectivity index is 1.87. The Hall–Kier alpha value is -2.95. The van der Waals surface area contributed by atoms with Crippen LogP contribution in [0, 0.1) is 11.8 Å².